The topological polar surface area (TPSA) is 42.0 Å². The fourth-order valence-corrected chi connectivity index (χ4v) is 2.08. The number of hydrogen-bond acceptors (Lipinski definition) is 2. The third-order valence-electron chi connectivity index (χ3n) is 3.02. The molecular weight excluding hydrogens is 260 g/mol. The molecule has 1 N–H and O–H groups in total. The molecule has 0 radical (unpaired) electrons. The van der Waals surface area contributed by atoms with Crippen molar-refractivity contribution < 1.29 is 4.79 Å². The zero-order valence-electron chi connectivity index (χ0n) is 11.6. The van der Waals surface area contributed by atoms with Crippen molar-refractivity contribution in [2.24, 2.45) is 0 Å². The summed E-state index contributed by atoms with van der Waals surface area (Å²) in [6.07, 6.45) is 10.6. The largest absolute Gasteiger partial charge is 0.309 e. The lowest BCUT2D eigenvalue weighted by Gasteiger charge is -2.05. The fraction of sp³-hybridized carbons (Fsp3) is 0.600. The van der Waals surface area contributed by atoms with Crippen LogP contribution >= 0.6 is 11.6 Å². The summed E-state index contributed by atoms with van der Waals surface area (Å²) in [4.78, 5) is 15.7. The molecule has 0 aliphatic carbocycles. The predicted octanol–water partition coefficient (Wildman–Crippen LogP) is 4.81. The average molecular weight is 283 g/mol. The van der Waals surface area contributed by atoms with Gasteiger partial charge < -0.3 is 5.32 Å². The van der Waals surface area contributed by atoms with E-state index in [1.807, 2.05) is 0 Å². The number of carbonyl (C=O) groups excluding carboxylic acids is 1. The van der Waals surface area contributed by atoms with Crippen LogP contribution in [0.25, 0.3) is 0 Å². The molecule has 1 aromatic heterocycles. The highest BCUT2D eigenvalue weighted by Crippen LogP contribution is 2.17. The quantitative estimate of drug-likeness (QED) is 0.660. The molecule has 0 atom stereocenters. The van der Waals surface area contributed by atoms with Crippen LogP contribution in [-0.2, 0) is 4.79 Å². The summed E-state index contributed by atoms with van der Waals surface area (Å²) in [6, 6.07) is 3.46. The van der Waals surface area contributed by atoms with Crippen LogP contribution in [0.1, 0.15) is 58.3 Å². The second-order valence-corrected chi connectivity index (χ2v) is 5.16. The Labute approximate surface area is 120 Å². The third-order valence-corrected chi connectivity index (χ3v) is 3.33. The first-order chi connectivity index (χ1) is 9.24. The Bertz CT molecular complexity index is 382. The van der Waals surface area contributed by atoms with Gasteiger partial charge >= 0.3 is 0 Å². The maximum Gasteiger partial charge on any atom is 0.225 e. The molecule has 1 aromatic rings. The molecule has 0 fully saturated rings. The first-order valence-electron chi connectivity index (χ1n) is 7.14. The molecule has 0 aromatic carbocycles. The lowest BCUT2D eigenvalue weighted by molar-refractivity contribution is -0.116. The van der Waals surface area contributed by atoms with E-state index < -0.39 is 0 Å². The molecule has 0 saturated carbocycles. The number of hydrogen-bond donors (Lipinski definition) is 1. The Morgan fingerprint density at radius 1 is 1.21 bits per heavy atom. The Hall–Kier alpha value is -1.09. The van der Waals surface area contributed by atoms with Gasteiger partial charge in [-0.2, -0.15) is 0 Å². The van der Waals surface area contributed by atoms with Gasteiger partial charge in [0.1, 0.15) is 0 Å². The van der Waals surface area contributed by atoms with E-state index in [1.165, 1.54) is 32.1 Å². The molecular formula is C15H23ClN2O. The number of nitrogens with one attached hydrogen (secondary N) is 1. The van der Waals surface area contributed by atoms with Crippen molar-refractivity contribution in [2.75, 3.05) is 5.32 Å². The Morgan fingerprint density at radius 2 is 1.89 bits per heavy atom. The van der Waals surface area contributed by atoms with Crippen molar-refractivity contribution in [3.63, 3.8) is 0 Å². The second-order valence-electron chi connectivity index (χ2n) is 4.75. The second kappa shape index (κ2) is 9.79. The molecule has 0 aliphatic heterocycles. The first kappa shape index (κ1) is 16.0. The van der Waals surface area contributed by atoms with Crippen molar-refractivity contribution in [2.45, 2.75) is 58.3 Å². The molecule has 1 rings (SSSR count). The Kier molecular flexibility index (Phi) is 8.23. The standard InChI is InChI=1S/C15H23ClN2O/c1-2-3-4-5-6-7-8-11-14(19)18-15-13(16)10-9-12-17-15/h9-10,12H,2-8,11H2,1H3,(H,17,18,19). The van der Waals surface area contributed by atoms with Crippen molar-refractivity contribution in [3.05, 3.63) is 23.4 Å². The summed E-state index contributed by atoms with van der Waals surface area (Å²) in [5.41, 5.74) is 0. The van der Waals surface area contributed by atoms with E-state index in [0.717, 1.165) is 12.8 Å². The molecule has 1 amide bonds. The summed E-state index contributed by atoms with van der Waals surface area (Å²) in [5.74, 6) is 0.450. The molecule has 4 heteroatoms. The van der Waals surface area contributed by atoms with Crippen molar-refractivity contribution >= 4 is 23.3 Å². The van der Waals surface area contributed by atoms with E-state index in [1.54, 1.807) is 18.3 Å². The van der Waals surface area contributed by atoms with Crippen LogP contribution in [0.2, 0.25) is 5.02 Å². The predicted molar refractivity (Wildman–Crippen MR) is 80.5 cm³/mol. The fourth-order valence-electron chi connectivity index (χ4n) is 1.91. The highest BCUT2D eigenvalue weighted by Gasteiger charge is 2.05. The molecule has 3 nitrogen and oxygen atoms in total. The van der Waals surface area contributed by atoms with Crippen LogP contribution in [0.15, 0.2) is 18.3 Å². The number of rotatable bonds is 9. The third kappa shape index (κ3) is 7.16. The van der Waals surface area contributed by atoms with E-state index in [0.29, 0.717) is 17.3 Å². The Morgan fingerprint density at radius 3 is 2.58 bits per heavy atom. The lowest BCUT2D eigenvalue weighted by Crippen LogP contribution is -2.12. The van der Waals surface area contributed by atoms with E-state index in [9.17, 15) is 4.79 Å². The van der Waals surface area contributed by atoms with Crippen molar-refractivity contribution in [1.82, 2.24) is 4.98 Å². The number of amides is 1. The zero-order chi connectivity index (χ0) is 13.9. The maximum atomic E-state index is 11.7. The maximum absolute atomic E-state index is 11.7. The van der Waals surface area contributed by atoms with Gasteiger partial charge in [-0.3, -0.25) is 4.79 Å². The van der Waals surface area contributed by atoms with Gasteiger partial charge in [0.2, 0.25) is 5.91 Å². The van der Waals surface area contributed by atoms with Gasteiger partial charge in [0, 0.05) is 12.6 Å². The van der Waals surface area contributed by atoms with Crippen LogP contribution in [-0.4, -0.2) is 10.9 Å². The minimum Gasteiger partial charge on any atom is -0.309 e. The number of unbranched alkanes of at least 4 members (excludes halogenated alkanes) is 6. The lowest BCUT2D eigenvalue weighted by atomic mass is 10.1. The van der Waals surface area contributed by atoms with E-state index in [2.05, 4.69) is 17.2 Å². The SMILES string of the molecule is CCCCCCCCCC(=O)Nc1ncccc1Cl. The highest BCUT2D eigenvalue weighted by atomic mass is 35.5. The molecule has 0 spiro atoms. The number of halogens is 1. The van der Waals surface area contributed by atoms with E-state index in [-0.39, 0.29) is 5.91 Å². The molecule has 1 heterocycles. The normalized spacial score (nSPS) is 10.4. The summed E-state index contributed by atoms with van der Waals surface area (Å²) in [6.45, 7) is 2.22. The van der Waals surface area contributed by atoms with Crippen LogP contribution < -0.4 is 5.32 Å². The molecule has 0 aliphatic rings. The van der Waals surface area contributed by atoms with Crippen LogP contribution in [0.4, 0.5) is 5.82 Å². The number of aromatic nitrogens is 1. The van der Waals surface area contributed by atoms with Gasteiger partial charge in [0.05, 0.1) is 5.02 Å². The smallest absolute Gasteiger partial charge is 0.225 e. The van der Waals surface area contributed by atoms with Gasteiger partial charge in [-0.25, -0.2) is 4.98 Å². The van der Waals surface area contributed by atoms with Gasteiger partial charge in [0.25, 0.3) is 0 Å². The van der Waals surface area contributed by atoms with Crippen LogP contribution in [0.3, 0.4) is 0 Å². The first-order valence-corrected chi connectivity index (χ1v) is 7.52. The van der Waals surface area contributed by atoms with Gasteiger partial charge in [0.15, 0.2) is 5.82 Å². The highest BCUT2D eigenvalue weighted by molar-refractivity contribution is 6.33. The van der Waals surface area contributed by atoms with Gasteiger partial charge in [-0.1, -0.05) is 57.0 Å². The molecule has 19 heavy (non-hydrogen) atoms. The van der Waals surface area contributed by atoms with E-state index in [4.69, 9.17) is 11.6 Å². The molecule has 0 unspecified atom stereocenters. The summed E-state index contributed by atoms with van der Waals surface area (Å²) in [7, 11) is 0. The van der Waals surface area contributed by atoms with E-state index >= 15 is 0 Å². The average Bonchev–Trinajstić information content (AvgIpc) is 2.40. The van der Waals surface area contributed by atoms with Crippen molar-refractivity contribution in [1.29, 1.82) is 0 Å². The minimum atomic E-state index is -0.00541. The number of carbonyl (C=O) groups is 1. The molecule has 106 valence electrons. The van der Waals surface area contributed by atoms with Crippen LogP contribution in [0.5, 0.6) is 0 Å². The van der Waals surface area contributed by atoms with Gasteiger partial charge in [-0.05, 0) is 18.6 Å². The summed E-state index contributed by atoms with van der Waals surface area (Å²) >= 11 is 5.92. The number of anilines is 1. The van der Waals surface area contributed by atoms with Crippen LogP contribution in [0, 0.1) is 0 Å². The number of nitrogens with zero attached hydrogens (tertiary/aromatic N) is 1. The molecule has 0 saturated heterocycles. The monoisotopic (exact) mass is 282 g/mol. The number of pyridine rings is 1. The summed E-state index contributed by atoms with van der Waals surface area (Å²) < 4.78 is 0. The minimum absolute atomic E-state index is 0.00541. The Balaban J connectivity index is 2.10. The molecule has 0 bridgehead atoms. The zero-order valence-corrected chi connectivity index (χ0v) is 12.4. The van der Waals surface area contributed by atoms with Crippen molar-refractivity contribution in [3.8, 4) is 0 Å². The summed E-state index contributed by atoms with van der Waals surface area (Å²) in [5, 5.41) is 3.22. The van der Waals surface area contributed by atoms with Gasteiger partial charge in [-0.15, -0.1) is 0 Å².